The van der Waals surface area contributed by atoms with Gasteiger partial charge in [-0.15, -0.1) is 0 Å². The number of hydrogen-bond donors (Lipinski definition) is 1. The van der Waals surface area contributed by atoms with Crippen molar-refractivity contribution in [2.45, 2.75) is 33.1 Å². The molecule has 0 atom stereocenters. The number of hydrogen-bond acceptors (Lipinski definition) is 5. The van der Waals surface area contributed by atoms with Crippen molar-refractivity contribution in [1.82, 2.24) is 15.1 Å². The van der Waals surface area contributed by atoms with Gasteiger partial charge in [0, 0.05) is 37.6 Å². The summed E-state index contributed by atoms with van der Waals surface area (Å²) in [7, 11) is 1.61. The van der Waals surface area contributed by atoms with Gasteiger partial charge >= 0.3 is 0 Å². The second kappa shape index (κ2) is 13.1. The largest absolute Gasteiger partial charge is 0.493 e. The molecule has 2 aromatic carbocycles. The number of nitriles is 1. The molecule has 0 unspecified atom stereocenters. The number of aromatic nitrogens is 2. The second-order valence-electron chi connectivity index (χ2n) is 8.17. The summed E-state index contributed by atoms with van der Waals surface area (Å²) in [5, 5.41) is 17.3. The van der Waals surface area contributed by atoms with Crippen LogP contribution in [0.3, 0.4) is 0 Å². The number of para-hydroxylation sites is 1. The normalized spacial score (nSPS) is 11.2. The molecule has 0 spiro atoms. The Kier molecular flexibility index (Phi) is 9.64. The van der Waals surface area contributed by atoms with Crippen molar-refractivity contribution in [3.05, 3.63) is 71.4 Å². The van der Waals surface area contributed by atoms with Crippen LogP contribution in [0.5, 0.6) is 5.75 Å². The predicted molar refractivity (Wildman–Crippen MR) is 137 cm³/mol. The van der Waals surface area contributed by atoms with Gasteiger partial charge < -0.3 is 14.8 Å². The van der Waals surface area contributed by atoms with Crippen LogP contribution in [0.25, 0.3) is 23.0 Å². The van der Waals surface area contributed by atoms with Gasteiger partial charge in [0.25, 0.3) is 5.91 Å². The van der Waals surface area contributed by atoms with E-state index in [0.29, 0.717) is 37.4 Å². The number of carbonyl (C=O) groups is 1. The van der Waals surface area contributed by atoms with Crippen molar-refractivity contribution in [2.24, 2.45) is 0 Å². The zero-order chi connectivity index (χ0) is 25.0. The van der Waals surface area contributed by atoms with Gasteiger partial charge in [-0.05, 0) is 61.7 Å². The summed E-state index contributed by atoms with van der Waals surface area (Å²) in [6.07, 6.45) is 6.17. The molecule has 0 saturated heterocycles. The maximum Gasteiger partial charge on any atom is 0.261 e. The van der Waals surface area contributed by atoms with E-state index in [-0.39, 0.29) is 5.57 Å². The second-order valence-corrected chi connectivity index (χ2v) is 8.17. The quantitative estimate of drug-likeness (QED) is 0.225. The highest BCUT2D eigenvalue weighted by atomic mass is 16.5. The van der Waals surface area contributed by atoms with E-state index in [1.807, 2.05) is 67.7 Å². The molecule has 0 aliphatic rings. The first-order valence-electron chi connectivity index (χ1n) is 11.8. The van der Waals surface area contributed by atoms with Crippen LogP contribution in [0.15, 0.2) is 60.3 Å². The van der Waals surface area contributed by atoms with Crippen LogP contribution in [0, 0.1) is 18.3 Å². The van der Waals surface area contributed by atoms with E-state index >= 15 is 0 Å². The molecule has 1 heterocycles. The van der Waals surface area contributed by atoms with E-state index in [0.717, 1.165) is 35.4 Å². The fourth-order valence-electron chi connectivity index (χ4n) is 3.53. The van der Waals surface area contributed by atoms with Crippen LogP contribution in [0.2, 0.25) is 0 Å². The highest BCUT2D eigenvalue weighted by Gasteiger charge is 2.16. The van der Waals surface area contributed by atoms with Crippen LogP contribution in [0.4, 0.5) is 0 Å². The molecule has 3 aromatic rings. The summed E-state index contributed by atoms with van der Waals surface area (Å²) in [6, 6.07) is 17.7. The Morgan fingerprint density at radius 3 is 2.66 bits per heavy atom. The Labute approximate surface area is 207 Å². The molecule has 0 fully saturated rings. The first-order chi connectivity index (χ1) is 17.1. The highest BCUT2D eigenvalue weighted by molar-refractivity contribution is 6.02. The Balaban J connectivity index is 1.97. The van der Waals surface area contributed by atoms with Crippen LogP contribution < -0.4 is 10.1 Å². The maximum atomic E-state index is 12.6. The van der Waals surface area contributed by atoms with Crippen molar-refractivity contribution >= 4 is 12.0 Å². The summed E-state index contributed by atoms with van der Waals surface area (Å²) in [6.45, 7) is 5.78. The molecule has 0 bridgehead atoms. The molecule has 1 aromatic heterocycles. The SMILES string of the molecule is CCCCOc1ccc(-c2nn(-c3ccccc3)cc2C=C(C#N)C(=O)NCCCOC)cc1C. The molecule has 0 aliphatic heterocycles. The summed E-state index contributed by atoms with van der Waals surface area (Å²) < 4.78 is 12.7. The monoisotopic (exact) mass is 472 g/mol. The number of aryl methyl sites for hydroxylation is 1. The Hall–Kier alpha value is -3.89. The Morgan fingerprint density at radius 2 is 1.97 bits per heavy atom. The van der Waals surface area contributed by atoms with E-state index < -0.39 is 5.91 Å². The van der Waals surface area contributed by atoms with Crippen LogP contribution in [-0.2, 0) is 9.53 Å². The van der Waals surface area contributed by atoms with Gasteiger partial charge in [0.05, 0.1) is 12.3 Å². The van der Waals surface area contributed by atoms with E-state index in [2.05, 4.69) is 12.2 Å². The lowest BCUT2D eigenvalue weighted by Crippen LogP contribution is -2.26. The fourth-order valence-corrected chi connectivity index (χ4v) is 3.53. The molecule has 7 heteroatoms. The molecule has 7 nitrogen and oxygen atoms in total. The zero-order valence-corrected chi connectivity index (χ0v) is 20.6. The van der Waals surface area contributed by atoms with E-state index in [1.165, 1.54) is 0 Å². The number of carbonyl (C=O) groups excluding carboxylic acids is 1. The molecule has 1 N–H and O–H groups in total. The van der Waals surface area contributed by atoms with Crippen molar-refractivity contribution in [3.8, 4) is 28.8 Å². The standard InChI is InChI=1S/C28H32N4O3/c1-4-5-16-35-26-13-12-22(17-21(26)2)27-24(20-32(31-27)25-10-7-6-8-11-25)18-23(19-29)28(33)30-14-9-15-34-3/h6-8,10-13,17-18,20H,4-5,9,14-16H2,1-3H3,(H,30,33). The third kappa shape index (κ3) is 7.05. The van der Waals surface area contributed by atoms with Crippen molar-refractivity contribution < 1.29 is 14.3 Å². The van der Waals surface area contributed by atoms with E-state index in [4.69, 9.17) is 14.6 Å². The van der Waals surface area contributed by atoms with Crippen LogP contribution in [-0.4, -0.2) is 42.6 Å². The summed E-state index contributed by atoms with van der Waals surface area (Å²) in [5.74, 6) is 0.424. The van der Waals surface area contributed by atoms with Gasteiger partial charge in [0.15, 0.2) is 0 Å². The lowest BCUT2D eigenvalue weighted by Gasteiger charge is -2.10. The number of nitrogens with one attached hydrogen (secondary N) is 1. The van der Waals surface area contributed by atoms with E-state index in [1.54, 1.807) is 17.9 Å². The first kappa shape index (κ1) is 25.7. The molecular formula is C28H32N4O3. The van der Waals surface area contributed by atoms with E-state index in [9.17, 15) is 10.1 Å². The third-order valence-corrected chi connectivity index (χ3v) is 5.44. The number of amides is 1. The average Bonchev–Trinajstić information content (AvgIpc) is 3.30. The maximum absolute atomic E-state index is 12.6. The van der Waals surface area contributed by atoms with Crippen molar-refractivity contribution in [2.75, 3.05) is 26.9 Å². The Bertz CT molecular complexity index is 1190. The fraction of sp³-hybridized carbons (Fsp3) is 0.321. The minimum absolute atomic E-state index is 0.0209. The molecular weight excluding hydrogens is 440 g/mol. The number of ether oxygens (including phenoxy) is 2. The van der Waals surface area contributed by atoms with Gasteiger partial charge in [0.1, 0.15) is 23.1 Å². The zero-order valence-electron chi connectivity index (χ0n) is 20.6. The summed E-state index contributed by atoms with van der Waals surface area (Å²) in [4.78, 5) is 12.6. The highest BCUT2D eigenvalue weighted by Crippen LogP contribution is 2.30. The van der Waals surface area contributed by atoms with Gasteiger partial charge in [-0.1, -0.05) is 31.5 Å². The topological polar surface area (TPSA) is 89.2 Å². The summed E-state index contributed by atoms with van der Waals surface area (Å²) >= 11 is 0. The van der Waals surface area contributed by atoms with Gasteiger partial charge in [0.2, 0.25) is 0 Å². The smallest absolute Gasteiger partial charge is 0.261 e. The lowest BCUT2D eigenvalue weighted by atomic mass is 10.0. The van der Waals surface area contributed by atoms with Crippen molar-refractivity contribution in [3.63, 3.8) is 0 Å². The van der Waals surface area contributed by atoms with Crippen molar-refractivity contribution in [1.29, 1.82) is 5.26 Å². The number of nitrogens with zero attached hydrogens (tertiary/aromatic N) is 3. The number of benzene rings is 2. The molecule has 35 heavy (non-hydrogen) atoms. The predicted octanol–water partition coefficient (Wildman–Crippen LogP) is 5.09. The molecule has 0 radical (unpaired) electrons. The Morgan fingerprint density at radius 1 is 1.17 bits per heavy atom. The number of unbranched alkanes of at least 4 members (excludes halogenated alkanes) is 1. The number of methoxy groups -OCH3 is 1. The lowest BCUT2D eigenvalue weighted by molar-refractivity contribution is -0.117. The average molecular weight is 473 g/mol. The van der Waals surface area contributed by atoms with Gasteiger partial charge in [-0.25, -0.2) is 4.68 Å². The molecule has 1 amide bonds. The van der Waals surface area contributed by atoms with Gasteiger partial charge in [-0.3, -0.25) is 4.79 Å². The molecule has 3 rings (SSSR count). The minimum atomic E-state index is -0.419. The molecule has 0 saturated carbocycles. The first-order valence-corrected chi connectivity index (χ1v) is 11.8. The minimum Gasteiger partial charge on any atom is -0.493 e. The number of rotatable bonds is 12. The van der Waals surface area contributed by atoms with Crippen LogP contribution >= 0.6 is 0 Å². The molecule has 0 aliphatic carbocycles. The summed E-state index contributed by atoms with van der Waals surface area (Å²) in [5.41, 5.74) is 4.14. The van der Waals surface area contributed by atoms with Crippen LogP contribution in [0.1, 0.15) is 37.3 Å². The van der Waals surface area contributed by atoms with Gasteiger partial charge in [-0.2, -0.15) is 10.4 Å². The molecule has 182 valence electrons. The third-order valence-electron chi connectivity index (χ3n) is 5.44.